The zero-order chi connectivity index (χ0) is 14.5. The van der Waals surface area contributed by atoms with Crippen LogP contribution in [0.25, 0.3) is 0 Å². The zero-order valence-corrected chi connectivity index (χ0v) is 13.1. The van der Waals surface area contributed by atoms with Gasteiger partial charge in [0.15, 0.2) is 0 Å². The van der Waals surface area contributed by atoms with Gasteiger partial charge in [0.1, 0.15) is 0 Å². The molecule has 3 nitrogen and oxygen atoms in total. The molecule has 108 valence electrons. The molecule has 2 atom stereocenters. The second-order valence-electron chi connectivity index (χ2n) is 5.74. The van der Waals surface area contributed by atoms with Gasteiger partial charge in [-0.05, 0) is 38.8 Å². The summed E-state index contributed by atoms with van der Waals surface area (Å²) in [6.07, 6.45) is 0. The minimum absolute atomic E-state index is 0.0641. The SMILES string of the molecule is CC(NCCS(=O)C(C)(C)C)c1cccc(CO)c1. The van der Waals surface area contributed by atoms with Gasteiger partial charge in [0.2, 0.25) is 0 Å². The van der Waals surface area contributed by atoms with Crippen molar-refractivity contribution in [2.24, 2.45) is 0 Å². The van der Waals surface area contributed by atoms with Crippen LogP contribution in [-0.4, -0.2) is 26.4 Å². The quantitative estimate of drug-likeness (QED) is 0.843. The number of aliphatic hydroxyl groups excluding tert-OH is 1. The summed E-state index contributed by atoms with van der Waals surface area (Å²) in [7, 11) is -0.819. The van der Waals surface area contributed by atoms with E-state index in [0.29, 0.717) is 5.75 Å². The van der Waals surface area contributed by atoms with E-state index in [0.717, 1.165) is 17.7 Å². The number of rotatable bonds is 6. The molecule has 2 unspecified atom stereocenters. The van der Waals surface area contributed by atoms with E-state index in [9.17, 15) is 4.21 Å². The van der Waals surface area contributed by atoms with E-state index in [1.165, 1.54) is 0 Å². The van der Waals surface area contributed by atoms with Gasteiger partial charge >= 0.3 is 0 Å². The fourth-order valence-electron chi connectivity index (χ4n) is 1.75. The lowest BCUT2D eigenvalue weighted by Crippen LogP contribution is -2.30. The maximum atomic E-state index is 11.9. The summed E-state index contributed by atoms with van der Waals surface area (Å²) in [6, 6.07) is 8.09. The van der Waals surface area contributed by atoms with Gasteiger partial charge in [0.25, 0.3) is 0 Å². The summed E-state index contributed by atoms with van der Waals surface area (Å²) in [5, 5.41) is 12.5. The molecule has 0 radical (unpaired) electrons. The Morgan fingerprint density at radius 2 is 2.05 bits per heavy atom. The first-order valence-electron chi connectivity index (χ1n) is 6.66. The van der Waals surface area contributed by atoms with Crippen molar-refractivity contribution < 1.29 is 9.32 Å². The van der Waals surface area contributed by atoms with E-state index < -0.39 is 10.8 Å². The molecule has 0 spiro atoms. The molecular weight excluding hydrogens is 258 g/mol. The Morgan fingerprint density at radius 1 is 1.37 bits per heavy atom. The topological polar surface area (TPSA) is 49.3 Å². The molecule has 2 N–H and O–H groups in total. The van der Waals surface area contributed by atoms with E-state index in [4.69, 9.17) is 5.11 Å². The molecule has 0 bridgehead atoms. The highest BCUT2D eigenvalue weighted by molar-refractivity contribution is 7.86. The summed E-state index contributed by atoms with van der Waals surface area (Å²) in [5.41, 5.74) is 2.07. The minimum atomic E-state index is -0.819. The van der Waals surface area contributed by atoms with E-state index in [-0.39, 0.29) is 17.4 Å². The normalized spacial score (nSPS) is 15.2. The van der Waals surface area contributed by atoms with Crippen LogP contribution in [0.1, 0.15) is 44.9 Å². The maximum absolute atomic E-state index is 11.9. The van der Waals surface area contributed by atoms with Gasteiger partial charge in [-0.3, -0.25) is 4.21 Å². The van der Waals surface area contributed by atoms with Gasteiger partial charge in [-0.15, -0.1) is 0 Å². The fraction of sp³-hybridized carbons (Fsp3) is 0.600. The third-order valence-corrected chi connectivity index (χ3v) is 5.00. The van der Waals surface area contributed by atoms with Crippen molar-refractivity contribution in [1.29, 1.82) is 0 Å². The third-order valence-electron chi connectivity index (χ3n) is 3.05. The number of hydrogen-bond acceptors (Lipinski definition) is 3. The van der Waals surface area contributed by atoms with Gasteiger partial charge in [-0.1, -0.05) is 24.3 Å². The van der Waals surface area contributed by atoms with Crippen molar-refractivity contribution in [3.05, 3.63) is 35.4 Å². The highest BCUT2D eigenvalue weighted by atomic mass is 32.2. The van der Waals surface area contributed by atoms with Crippen molar-refractivity contribution in [2.45, 2.75) is 45.1 Å². The Bertz CT molecular complexity index is 426. The number of benzene rings is 1. The summed E-state index contributed by atoms with van der Waals surface area (Å²) < 4.78 is 11.8. The Labute approximate surface area is 118 Å². The average Bonchev–Trinajstić information content (AvgIpc) is 2.37. The molecule has 0 aromatic heterocycles. The van der Waals surface area contributed by atoms with Crippen LogP contribution in [0.3, 0.4) is 0 Å². The van der Waals surface area contributed by atoms with E-state index in [1.807, 2.05) is 45.0 Å². The predicted molar refractivity (Wildman–Crippen MR) is 81.5 cm³/mol. The Morgan fingerprint density at radius 3 is 2.63 bits per heavy atom. The number of nitrogens with one attached hydrogen (secondary N) is 1. The Kier molecular flexibility index (Phi) is 6.17. The smallest absolute Gasteiger partial charge is 0.0681 e. The minimum Gasteiger partial charge on any atom is -0.392 e. The van der Waals surface area contributed by atoms with Crippen LogP contribution < -0.4 is 5.32 Å². The standard InChI is InChI=1S/C15H25NO2S/c1-12(14-7-5-6-13(10-14)11-17)16-8-9-19(18)15(2,3)4/h5-7,10,12,16-17H,8-9,11H2,1-4H3. The van der Waals surface area contributed by atoms with Gasteiger partial charge in [0, 0.05) is 33.9 Å². The highest BCUT2D eigenvalue weighted by Gasteiger charge is 2.18. The molecule has 0 aliphatic heterocycles. The van der Waals surface area contributed by atoms with E-state index in [2.05, 4.69) is 12.2 Å². The van der Waals surface area contributed by atoms with Gasteiger partial charge in [0.05, 0.1) is 6.61 Å². The second kappa shape index (κ2) is 7.17. The maximum Gasteiger partial charge on any atom is 0.0681 e. The molecule has 1 aromatic carbocycles. The lowest BCUT2D eigenvalue weighted by Gasteiger charge is -2.19. The van der Waals surface area contributed by atoms with Crippen LogP contribution in [0.5, 0.6) is 0 Å². The van der Waals surface area contributed by atoms with Crippen molar-refractivity contribution >= 4 is 10.8 Å². The Balaban J connectivity index is 2.47. The highest BCUT2D eigenvalue weighted by Crippen LogP contribution is 2.15. The first-order valence-corrected chi connectivity index (χ1v) is 7.98. The van der Waals surface area contributed by atoms with Crippen LogP contribution in [0.4, 0.5) is 0 Å². The van der Waals surface area contributed by atoms with Gasteiger partial charge in [-0.2, -0.15) is 0 Å². The summed E-state index contributed by atoms with van der Waals surface area (Å²) in [6.45, 7) is 8.87. The van der Waals surface area contributed by atoms with Crippen molar-refractivity contribution in [1.82, 2.24) is 5.32 Å². The first kappa shape index (κ1) is 16.3. The average molecular weight is 283 g/mol. The zero-order valence-electron chi connectivity index (χ0n) is 12.3. The number of hydrogen-bond donors (Lipinski definition) is 2. The lowest BCUT2D eigenvalue weighted by atomic mass is 10.1. The fourth-order valence-corrected chi connectivity index (χ4v) is 2.67. The predicted octanol–water partition coefficient (Wildman–Crippen LogP) is 2.38. The lowest BCUT2D eigenvalue weighted by molar-refractivity contribution is 0.281. The molecule has 0 amide bonds. The van der Waals surface area contributed by atoms with Crippen molar-refractivity contribution in [3.8, 4) is 0 Å². The van der Waals surface area contributed by atoms with Crippen LogP contribution in [-0.2, 0) is 17.4 Å². The van der Waals surface area contributed by atoms with Crippen LogP contribution >= 0.6 is 0 Å². The van der Waals surface area contributed by atoms with Crippen molar-refractivity contribution in [2.75, 3.05) is 12.3 Å². The summed E-state index contributed by atoms with van der Waals surface area (Å²) in [4.78, 5) is 0. The molecule has 0 fully saturated rings. The number of aliphatic hydroxyl groups is 1. The van der Waals surface area contributed by atoms with Crippen molar-refractivity contribution in [3.63, 3.8) is 0 Å². The molecular formula is C15H25NO2S. The molecule has 1 rings (SSSR count). The second-order valence-corrected chi connectivity index (χ2v) is 8.07. The molecule has 0 aliphatic rings. The largest absolute Gasteiger partial charge is 0.392 e. The summed E-state index contributed by atoms with van der Waals surface area (Å²) >= 11 is 0. The molecule has 0 aliphatic carbocycles. The molecule has 19 heavy (non-hydrogen) atoms. The Hall–Kier alpha value is -0.710. The van der Waals surface area contributed by atoms with Gasteiger partial charge < -0.3 is 10.4 Å². The van der Waals surface area contributed by atoms with Crippen LogP contribution in [0.2, 0.25) is 0 Å². The molecule has 0 saturated heterocycles. The van der Waals surface area contributed by atoms with E-state index >= 15 is 0 Å². The third kappa shape index (κ3) is 5.43. The molecule has 0 saturated carbocycles. The van der Waals surface area contributed by atoms with Crippen LogP contribution in [0.15, 0.2) is 24.3 Å². The summed E-state index contributed by atoms with van der Waals surface area (Å²) in [5.74, 6) is 0.660. The molecule has 1 aromatic rings. The van der Waals surface area contributed by atoms with Crippen LogP contribution in [0, 0.1) is 0 Å². The molecule has 0 heterocycles. The monoisotopic (exact) mass is 283 g/mol. The first-order chi connectivity index (χ1) is 8.84. The molecule has 4 heteroatoms. The van der Waals surface area contributed by atoms with E-state index in [1.54, 1.807) is 0 Å². The van der Waals surface area contributed by atoms with Gasteiger partial charge in [-0.25, -0.2) is 0 Å².